The van der Waals surface area contributed by atoms with E-state index in [9.17, 15) is 8.42 Å². The second-order valence-corrected chi connectivity index (χ2v) is 7.23. The van der Waals surface area contributed by atoms with E-state index in [2.05, 4.69) is 16.6 Å². The highest BCUT2D eigenvalue weighted by Gasteiger charge is 2.30. The van der Waals surface area contributed by atoms with Crippen LogP contribution in [0.3, 0.4) is 0 Å². The summed E-state index contributed by atoms with van der Waals surface area (Å²) in [6.45, 7) is 2.73. The molecule has 0 spiro atoms. The zero-order valence-corrected chi connectivity index (χ0v) is 12.0. The zero-order chi connectivity index (χ0) is 13.9. The number of nitrogens with zero attached hydrogens (tertiary/aromatic N) is 1. The average Bonchev–Trinajstić information content (AvgIpc) is 2.84. The van der Waals surface area contributed by atoms with Gasteiger partial charge in [0.1, 0.15) is 4.90 Å². The Morgan fingerprint density at radius 2 is 2.11 bits per heavy atom. The smallest absolute Gasteiger partial charge is 0.242 e. The van der Waals surface area contributed by atoms with Gasteiger partial charge in [-0.05, 0) is 30.4 Å². The molecule has 0 saturated heterocycles. The van der Waals surface area contributed by atoms with Crippen molar-refractivity contribution in [2.75, 3.05) is 6.54 Å². The van der Waals surface area contributed by atoms with Crippen LogP contribution < -0.4 is 10.5 Å². The Labute approximate surface area is 114 Å². The predicted octanol–water partition coefficient (Wildman–Crippen LogP) is 1.40. The van der Waals surface area contributed by atoms with E-state index in [0.29, 0.717) is 12.2 Å². The normalized spacial score (nSPS) is 18.6. The molecule has 0 amide bonds. The molecular weight excluding hydrogens is 262 g/mol. The summed E-state index contributed by atoms with van der Waals surface area (Å²) in [6, 6.07) is 3.17. The lowest BCUT2D eigenvalue weighted by atomic mass is 9.89. The van der Waals surface area contributed by atoms with E-state index >= 15 is 0 Å². The van der Waals surface area contributed by atoms with Gasteiger partial charge in [-0.3, -0.25) is 4.98 Å². The number of nitrogens with one attached hydrogen (secondary N) is 1. The van der Waals surface area contributed by atoms with E-state index in [1.807, 2.05) is 0 Å². The molecule has 0 radical (unpaired) electrons. The van der Waals surface area contributed by atoms with Gasteiger partial charge in [0.15, 0.2) is 0 Å². The van der Waals surface area contributed by atoms with Crippen molar-refractivity contribution in [2.45, 2.75) is 44.0 Å². The lowest BCUT2D eigenvalue weighted by molar-refractivity contribution is 0.336. The van der Waals surface area contributed by atoms with E-state index < -0.39 is 10.0 Å². The van der Waals surface area contributed by atoms with Crippen molar-refractivity contribution in [2.24, 2.45) is 11.1 Å². The number of nitrogens with two attached hydrogens (primary N) is 1. The van der Waals surface area contributed by atoms with Gasteiger partial charge in [0.25, 0.3) is 0 Å². The van der Waals surface area contributed by atoms with Gasteiger partial charge >= 0.3 is 0 Å². The molecule has 6 heteroatoms. The molecule has 106 valence electrons. The topological polar surface area (TPSA) is 85.1 Å². The highest BCUT2D eigenvalue weighted by atomic mass is 32.2. The number of pyridine rings is 1. The minimum atomic E-state index is -3.52. The quantitative estimate of drug-likeness (QED) is 0.855. The molecule has 0 aromatic carbocycles. The van der Waals surface area contributed by atoms with E-state index in [0.717, 1.165) is 12.8 Å². The number of rotatable bonds is 5. The maximum Gasteiger partial charge on any atom is 0.242 e. The van der Waals surface area contributed by atoms with Crippen LogP contribution in [0.15, 0.2) is 23.2 Å². The van der Waals surface area contributed by atoms with Crippen molar-refractivity contribution >= 4 is 10.0 Å². The van der Waals surface area contributed by atoms with E-state index in [4.69, 9.17) is 5.73 Å². The molecule has 1 aromatic heterocycles. The Morgan fingerprint density at radius 3 is 2.74 bits per heavy atom. The van der Waals surface area contributed by atoms with Gasteiger partial charge in [-0.2, -0.15) is 0 Å². The van der Waals surface area contributed by atoms with Gasteiger partial charge in [-0.25, -0.2) is 13.1 Å². The SMILES string of the molecule is CC1(CNS(=O)(=O)c2cccnc2CN)CCCC1. The fourth-order valence-electron chi connectivity index (χ4n) is 2.57. The summed E-state index contributed by atoms with van der Waals surface area (Å²) >= 11 is 0. The van der Waals surface area contributed by atoms with Gasteiger partial charge < -0.3 is 5.73 Å². The van der Waals surface area contributed by atoms with Crippen LogP contribution in [0.4, 0.5) is 0 Å². The number of aromatic nitrogens is 1. The first-order valence-corrected chi connectivity index (χ1v) is 8.09. The molecule has 1 aromatic rings. The van der Waals surface area contributed by atoms with Crippen LogP contribution in [0.1, 0.15) is 38.3 Å². The standard InChI is InChI=1S/C13H21N3O2S/c1-13(6-2-3-7-13)10-16-19(17,18)12-5-4-8-15-11(12)9-14/h4-5,8,16H,2-3,6-7,9-10,14H2,1H3. The molecule has 0 unspecified atom stereocenters. The Hall–Kier alpha value is -0.980. The fraction of sp³-hybridized carbons (Fsp3) is 0.615. The van der Waals surface area contributed by atoms with Crippen molar-refractivity contribution in [1.29, 1.82) is 0 Å². The average molecular weight is 283 g/mol. The van der Waals surface area contributed by atoms with Crippen LogP contribution >= 0.6 is 0 Å². The predicted molar refractivity (Wildman–Crippen MR) is 73.9 cm³/mol. The maximum absolute atomic E-state index is 12.3. The molecule has 1 aliphatic carbocycles. The van der Waals surface area contributed by atoms with Crippen LogP contribution in [0.25, 0.3) is 0 Å². The third kappa shape index (κ3) is 3.32. The monoisotopic (exact) mass is 283 g/mol. The van der Waals surface area contributed by atoms with Crippen LogP contribution in [-0.2, 0) is 16.6 Å². The molecule has 19 heavy (non-hydrogen) atoms. The van der Waals surface area contributed by atoms with E-state index in [-0.39, 0.29) is 16.9 Å². The molecule has 3 N–H and O–H groups in total. The van der Waals surface area contributed by atoms with Crippen molar-refractivity contribution in [3.8, 4) is 0 Å². The summed E-state index contributed by atoms with van der Waals surface area (Å²) in [5, 5.41) is 0. The van der Waals surface area contributed by atoms with Crippen molar-refractivity contribution < 1.29 is 8.42 Å². The summed E-state index contributed by atoms with van der Waals surface area (Å²) in [6.07, 6.45) is 6.07. The van der Waals surface area contributed by atoms with Gasteiger partial charge in [-0.1, -0.05) is 19.8 Å². The summed E-state index contributed by atoms with van der Waals surface area (Å²) in [4.78, 5) is 4.21. The molecule has 0 bridgehead atoms. The van der Waals surface area contributed by atoms with E-state index in [1.54, 1.807) is 18.3 Å². The first-order valence-electron chi connectivity index (χ1n) is 6.60. The molecule has 0 aliphatic heterocycles. The summed E-state index contributed by atoms with van der Waals surface area (Å²) in [5.41, 5.74) is 6.03. The third-order valence-electron chi connectivity index (χ3n) is 3.83. The molecule has 2 rings (SSSR count). The lowest BCUT2D eigenvalue weighted by Gasteiger charge is -2.23. The Balaban J connectivity index is 2.14. The molecule has 1 aliphatic rings. The maximum atomic E-state index is 12.3. The molecular formula is C13H21N3O2S. The first-order chi connectivity index (χ1) is 8.97. The van der Waals surface area contributed by atoms with Crippen LogP contribution in [0, 0.1) is 5.41 Å². The number of sulfonamides is 1. The van der Waals surface area contributed by atoms with Crippen LogP contribution in [-0.4, -0.2) is 19.9 Å². The van der Waals surface area contributed by atoms with Gasteiger partial charge in [-0.15, -0.1) is 0 Å². The minimum Gasteiger partial charge on any atom is -0.325 e. The molecule has 1 heterocycles. The molecule has 5 nitrogen and oxygen atoms in total. The van der Waals surface area contributed by atoms with Crippen LogP contribution in [0.5, 0.6) is 0 Å². The van der Waals surface area contributed by atoms with Gasteiger partial charge in [0, 0.05) is 19.3 Å². The molecule has 1 fully saturated rings. The Bertz CT molecular complexity index is 537. The number of hydrogen-bond donors (Lipinski definition) is 2. The Kier molecular flexibility index (Phi) is 4.23. The molecule has 0 atom stereocenters. The Morgan fingerprint density at radius 1 is 1.42 bits per heavy atom. The van der Waals surface area contributed by atoms with Gasteiger partial charge in [0.05, 0.1) is 5.69 Å². The van der Waals surface area contributed by atoms with Gasteiger partial charge in [0.2, 0.25) is 10.0 Å². The summed E-state index contributed by atoms with van der Waals surface area (Å²) in [5.74, 6) is 0. The zero-order valence-electron chi connectivity index (χ0n) is 11.2. The summed E-state index contributed by atoms with van der Waals surface area (Å²) < 4.78 is 27.3. The minimum absolute atomic E-state index is 0.0815. The lowest BCUT2D eigenvalue weighted by Crippen LogP contribution is -2.34. The first kappa shape index (κ1) is 14.4. The fourth-order valence-corrected chi connectivity index (χ4v) is 3.97. The van der Waals surface area contributed by atoms with Crippen molar-refractivity contribution in [1.82, 2.24) is 9.71 Å². The largest absolute Gasteiger partial charge is 0.325 e. The second kappa shape index (κ2) is 5.56. The van der Waals surface area contributed by atoms with E-state index in [1.165, 1.54) is 12.8 Å². The third-order valence-corrected chi connectivity index (χ3v) is 5.31. The summed E-state index contributed by atoms with van der Waals surface area (Å²) in [7, 11) is -3.52. The number of hydrogen-bond acceptors (Lipinski definition) is 4. The van der Waals surface area contributed by atoms with Crippen molar-refractivity contribution in [3.05, 3.63) is 24.0 Å². The highest BCUT2D eigenvalue weighted by Crippen LogP contribution is 2.37. The second-order valence-electron chi connectivity index (χ2n) is 5.49. The van der Waals surface area contributed by atoms with Crippen molar-refractivity contribution in [3.63, 3.8) is 0 Å². The highest BCUT2D eigenvalue weighted by molar-refractivity contribution is 7.89. The molecule has 1 saturated carbocycles. The van der Waals surface area contributed by atoms with Crippen LogP contribution in [0.2, 0.25) is 0 Å².